The van der Waals surface area contributed by atoms with Gasteiger partial charge in [0.05, 0.1) is 11.9 Å². The van der Waals surface area contributed by atoms with Crippen LogP contribution in [0.25, 0.3) is 5.57 Å². The molecule has 0 aromatic carbocycles. The van der Waals surface area contributed by atoms with Gasteiger partial charge < -0.3 is 5.32 Å². The zero-order valence-corrected chi connectivity index (χ0v) is 11.4. The molecular weight excluding hydrogens is 212 g/mol. The van der Waals surface area contributed by atoms with E-state index < -0.39 is 0 Å². The van der Waals surface area contributed by atoms with Crippen LogP contribution in [0.3, 0.4) is 0 Å². The van der Waals surface area contributed by atoms with E-state index in [4.69, 9.17) is 0 Å². The molecule has 0 aliphatic heterocycles. The number of nitrogens with one attached hydrogen (secondary N) is 1. The molecule has 0 amide bonds. The molecule has 0 radical (unpaired) electrons. The summed E-state index contributed by atoms with van der Waals surface area (Å²) in [5.74, 6) is 0.714. The minimum atomic E-state index is 0.714. The lowest BCUT2D eigenvalue weighted by atomic mass is 10.2. The van der Waals surface area contributed by atoms with Gasteiger partial charge in [0, 0.05) is 6.54 Å². The normalized spacial score (nSPS) is 12.4. The first kappa shape index (κ1) is 13.9. The second-order valence-corrected chi connectivity index (χ2v) is 4.71. The summed E-state index contributed by atoms with van der Waals surface area (Å²) < 4.78 is 1.92. The summed E-state index contributed by atoms with van der Waals surface area (Å²) in [4.78, 5) is 0. The maximum absolute atomic E-state index is 4.03. The zero-order chi connectivity index (χ0) is 12.7. The summed E-state index contributed by atoms with van der Waals surface area (Å²) in [6.45, 7) is 11.6. The molecule has 0 spiro atoms. The first-order chi connectivity index (χ1) is 8.15. The molecule has 1 N–H and O–H groups in total. The van der Waals surface area contributed by atoms with Crippen molar-refractivity contribution in [2.75, 3.05) is 13.1 Å². The Morgan fingerprint density at radius 3 is 2.94 bits per heavy atom. The third-order valence-electron chi connectivity index (χ3n) is 2.65. The third-order valence-corrected chi connectivity index (χ3v) is 2.65. The highest BCUT2D eigenvalue weighted by atomic mass is 15.4. The van der Waals surface area contributed by atoms with Crippen LogP contribution in [0.4, 0.5) is 0 Å². The van der Waals surface area contributed by atoms with E-state index in [-0.39, 0.29) is 0 Å². The Kier molecular flexibility index (Phi) is 5.91. The van der Waals surface area contributed by atoms with E-state index in [0.29, 0.717) is 5.92 Å². The molecular formula is C13H24N4. The van der Waals surface area contributed by atoms with Crippen LogP contribution in [-0.4, -0.2) is 28.1 Å². The van der Waals surface area contributed by atoms with Gasteiger partial charge in [-0.25, -0.2) is 4.68 Å². The maximum atomic E-state index is 4.03. The van der Waals surface area contributed by atoms with Gasteiger partial charge in [0.2, 0.25) is 0 Å². The summed E-state index contributed by atoms with van der Waals surface area (Å²) in [6.07, 6.45) is 5.13. The molecule has 1 rings (SSSR count). The van der Waals surface area contributed by atoms with Crippen molar-refractivity contribution in [3.8, 4) is 0 Å². The summed E-state index contributed by atoms with van der Waals surface area (Å²) in [5.41, 5.74) is 2.37. The molecule has 0 saturated heterocycles. The molecule has 0 fully saturated rings. The summed E-state index contributed by atoms with van der Waals surface area (Å²) in [7, 11) is 0. The molecule has 0 saturated carbocycles. The summed E-state index contributed by atoms with van der Waals surface area (Å²) in [5, 5.41) is 11.4. The Bertz CT molecular complexity index is 352. The molecule has 17 heavy (non-hydrogen) atoms. The smallest absolute Gasteiger partial charge is 0.0839 e. The zero-order valence-electron chi connectivity index (χ0n) is 11.4. The van der Waals surface area contributed by atoms with Crippen LogP contribution in [0.1, 0.15) is 39.8 Å². The number of hydrogen-bond donors (Lipinski definition) is 1. The molecule has 0 aliphatic carbocycles. The number of hydrogen-bond acceptors (Lipinski definition) is 3. The molecule has 0 aliphatic rings. The largest absolute Gasteiger partial charge is 0.316 e. The van der Waals surface area contributed by atoms with Crippen molar-refractivity contribution in [2.24, 2.45) is 5.92 Å². The van der Waals surface area contributed by atoms with Gasteiger partial charge >= 0.3 is 0 Å². The number of nitrogens with zero attached hydrogens (tertiary/aromatic N) is 3. The predicted octanol–water partition coefficient (Wildman–Crippen LogP) is 2.34. The molecule has 0 unspecified atom stereocenters. The molecule has 0 bridgehead atoms. The fourth-order valence-corrected chi connectivity index (χ4v) is 1.68. The molecule has 1 aromatic rings. The van der Waals surface area contributed by atoms with Crippen LogP contribution >= 0.6 is 0 Å². The first-order valence-electron chi connectivity index (χ1n) is 6.41. The average molecular weight is 236 g/mol. The van der Waals surface area contributed by atoms with Crippen LogP contribution in [0.15, 0.2) is 12.3 Å². The van der Waals surface area contributed by atoms with Crippen molar-refractivity contribution >= 4 is 5.57 Å². The number of aryl methyl sites for hydroxylation is 1. The van der Waals surface area contributed by atoms with Gasteiger partial charge in [0.1, 0.15) is 0 Å². The van der Waals surface area contributed by atoms with E-state index in [9.17, 15) is 0 Å². The van der Waals surface area contributed by atoms with E-state index in [1.807, 2.05) is 10.9 Å². The topological polar surface area (TPSA) is 42.7 Å². The van der Waals surface area contributed by atoms with Gasteiger partial charge in [-0.15, -0.1) is 5.10 Å². The van der Waals surface area contributed by atoms with Crippen LogP contribution in [0, 0.1) is 5.92 Å². The third kappa shape index (κ3) is 4.69. The Morgan fingerprint density at radius 2 is 2.29 bits per heavy atom. The predicted molar refractivity (Wildman–Crippen MR) is 71.7 cm³/mol. The van der Waals surface area contributed by atoms with Crippen LogP contribution < -0.4 is 5.32 Å². The average Bonchev–Trinajstić information content (AvgIpc) is 2.75. The van der Waals surface area contributed by atoms with E-state index in [2.05, 4.69) is 49.4 Å². The monoisotopic (exact) mass is 236 g/mol. The lowest BCUT2D eigenvalue weighted by molar-refractivity contribution is 0.557. The molecule has 0 atom stereocenters. The SMILES string of the molecule is CCn1nncc1/C(C)=C/CCNCC(C)C. The Hall–Kier alpha value is -1.16. The van der Waals surface area contributed by atoms with Gasteiger partial charge in [-0.2, -0.15) is 0 Å². The molecule has 96 valence electrons. The lowest BCUT2D eigenvalue weighted by Crippen LogP contribution is -2.20. The highest BCUT2D eigenvalue weighted by Gasteiger charge is 2.03. The fraction of sp³-hybridized carbons (Fsp3) is 0.692. The van der Waals surface area contributed by atoms with Crippen molar-refractivity contribution in [3.05, 3.63) is 18.0 Å². The van der Waals surface area contributed by atoms with E-state index in [1.165, 1.54) is 5.57 Å². The van der Waals surface area contributed by atoms with Crippen molar-refractivity contribution in [2.45, 2.75) is 40.7 Å². The van der Waals surface area contributed by atoms with Crippen LogP contribution in [0.5, 0.6) is 0 Å². The molecule has 1 aromatic heterocycles. The highest BCUT2D eigenvalue weighted by molar-refractivity contribution is 5.59. The first-order valence-corrected chi connectivity index (χ1v) is 6.41. The quantitative estimate of drug-likeness (QED) is 0.739. The van der Waals surface area contributed by atoms with Gasteiger partial charge in [-0.3, -0.25) is 0 Å². The van der Waals surface area contributed by atoms with E-state index in [0.717, 1.165) is 31.7 Å². The summed E-state index contributed by atoms with van der Waals surface area (Å²) in [6, 6.07) is 0. The standard InChI is InChI=1S/C13H24N4/c1-5-17-13(10-15-16-17)12(4)7-6-8-14-9-11(2)3/h7,10-11,14H,5-6,8-9H2,1-4H3/b12-7+. The minimum absolute atomic E-state index is 0.714. The minimum Gasteiger partial charge on any atom is -0.316 e. The fourth-order valence-electron chi connectivity index (χ4n) is 1.68. The number of rotatable bonds is 7. The second-order valence-electron chi connectivity index (χ2n) is 4.71. The van der Waals surface area contributed by atoms with Crippen LogP contribution in [-0.2, 0) is 6.54 Å². The molecule has 4 nitrogen and oxygen atoms in total. The number of aromatic nitrogens is 3. The van der Waals surface area contributed by atoms with E-state index in [1.54, 1.807) is 0 Å². The van der Waals surface area contributed by atoms with Gasteiger partial charge in [-0.1, -0.05) is 25.1 Å². The van der Waals surface area contributed by atoms with E-state index >= 15 is 0 Å². The van der Waals surface area contributed by atoms with Gasteiger partial charge in [0.15, 0.2) is 0 Å². The number of allylic oxidation sites excluding steroid dienone is 1. The van der Waals surface area contributed by atoms with Crippen LogP contribution in [0.2, 0.25) is 0 Å². The van der Waals surface area contributed by atoms with Gasteiger partial charge in [0.25, 0.3) is 0 Å². The Balaban J connectivity index is 2.39. The van der Waals surface area contributed by atoms with Crippen molar-refractivity contribution in [1.82, 2.24) is 20.3 Å². The Morgan fingerprint density at radius 1 is 1.53 bits per heavy atom. The van der Waals surface area contributed by atoms with Crippen molar-refractivity contribution in [3.63, 3.8) is 0 Å². The van der Waals surface area contributed by atoms with Gasteiger partial charge in [-0.05, 0) is 44.8 Å². The highest BCUT2D eigenvalue weighted by Crippen LogP contribution is 2.12. The Labute approximate surface area is 104 Å². The lowest BCUT2D eigenvalue weighted by Gasteiger charge is -2.06. The summed E-state index contributed by atoms with van der Waals surface area (Å²) >= 11 is 0. The maximum Gasteiger partial charge on any atom is 0.0839 e. The van der Waals surface area contributed by atoms with Crippen molar-refractivity contribution in [1.29, 1.82) is 0 Å². The van der Waals surface area contributed by atoms with Crippen molar-refractivity contribution < 1.29 is 0 Å². The second kappa shape index (κ2) is 7.22. The molecule has 4 heteroatoms. The molecule has 1 heterocycles.